The van der Waals surface area contributed by atoms with Gasteiger partial charge in [-0.15, -0.1) is 0 Å². The fourth-order valence-electron chi connectivity index (χ4n) is 3.76. The summed E-state index contributed by atoms with van der Waals surface area (Å²) in [6.07, 6.45) is -1.08. The number of hydrogen-bond donors (Lipinski definition) is 2. The molecule has 0 unspecified atom stereocenters. The summed E-state index contributed by atoms with van der Waals surface area (Å²) < 4.78 is 11.4. The van der Waals surface area contributed by atoms with Crippen LogP contribution in [0.25, 0.3) is 0 Å². The summed E-state index contributed by atoms with van der Waals surface area (Å²) in [6.45, 7) is 1.43. The van der Waals surface area contributed by atoms with E-state index in [1.807, 2.05) is 90.4 Å². The van der Waals surface area contributed by atoms with Crippen molar-refractivity contribution in [3.05, 3.63) is 44.7 Å². The first kappa shape index (κ1) is 44.7. The maximum absolute atomic E-state index is 14.0. The molecule has 0 atom stereocenters. The Balaban J connectivity index is 2.69. The lowest BCUT2D eigenvalue weighted by Crippen LogP contribution is -2.50. The second kappa shape index (κ2) is 20.7. The van der Waals surface area contributed by atoms with Crippen molar-refractivity contribution < 1.29 is 47.8 Å². The van der Waals surface area contributed by atoms with E-state index >= 15 is 0 Å². The lowest BCUT2D eigenvalue weighted by molar-refractivity contribution is -0.141. The molecule has 6 amide bonds. The lowest BCUT2D eigenvalue weighted by Gasteiger charge is -2.27. The summed E-state index contributed by atoms with van der Waals surface area (Å²) >= 11 is 22.6. The number of carbonyl (C=O) groups is 8. The SMILES string of the molecule is CC(=O)OCCNC(=O)N(C(=O)CC(=O)N(C(=O)NCCOC(C)=O)c1c(I)cc(I)c(C(=O)Cl)c1I)c1c(I)cc(I)c(C(=O)Cl)c1I. The second-order valence-electron chi connectivity index (χ2n) is 9.08. The van der Waals surface area contributed by atoms with Crippen LogP contribution < -0.4 is 20.4 Å². The minimum Gasteiger partial charge on any atom is -0.464 e. The Hall–Kier alpha value is -0.440. The molecule has 0 bridgehead atoms. The highest BCUT2D eigenvalue weighted by atomic mass is 127. The van der Waals surface area contributed by atoms with E-state index in [0.717, 1.165) is 0 Å². The minimum absolute atomic E-state index is 0.00479. The van der Waals surface area contributed by atoms with Crippen LogP contribution >= 0.6 is 159 Å². The van der Waals surface area contributed by atoms with Crippen LogP contribution in [-0.4, -0.2) is 72.6 Å². The van der Waals surface area contributed by atoms with E-state index < -0.39 is 52.7 Å². The van der Waals surface area contributed by atoms with Gasteiger partial charge in [0.2, 0.25) is 11.8 Å². The number of nitrogens with one attached hydrogen (secondary N) is 2. The number of esters is 2. The Morgan fingerprint density at radius 1 is 0.612 bits per heavy atom. The first-order chi connectivity index (χ1) is 22.8. The molecule has 2 aromatic carbocycles. The summed E-state index contributed by atoms with van der Waals surface area (Å²) in [5.41, 5.74) is -0.131. The van der Waals surface area contributed by atoms with Crippen molar-refractivity contribution in [1.29, 1.82) is 0 Å². The van der Waals surface area contributed by atoms with Crippen LogP contribution in [0.15, 0.2) is 12.1 Å². The van der Waals surface area contributed by atoms with Gasteiger partial charge in [-0.2, -0.15) is 0 Å². The number of halogens is 8. The second-order valence-corrected chi connectivity index (χ2v) is 16.6. The van der Waals surface area contributed by atoms with E-state index in [9.17, 15) is 38.4 Å². The molecule has 22 heteroatoms. The van der Waals surface area contributed by atoms with E-state index in [4.69, 9.17) is 32.7 Å². The van der Waals surface area contributed by atoms with Crippen LogP contribution in [0.1, 0.15) is 41.0 Å². The van der Waals surface area contributed by atoms with E-state index in [-0.39, 0.29) is 55.9 Å². The first-order valence-corrected chi connectivity index (χ1v) is 20.3. The zero-order chi connectivity index (χ0) is 37.3. The van der Waals surface area contributed by atoms with Gasteiger partial charge >= 0.3 is 24.0 Å². The molecule has 0 saturated carbocycles. The number of rotatable bonds is 12. The number of ether oxygens (including phenoxy) is 2. The summed E-state index contributed by atoms with van der Waals surface area (Å²) in [7, 11) is 0. The van der Waals surface area contributed by atoms with Crippen molar-refractivity contribution >= 4 is 216 Å². The molecule has 0 aliphatic carbocycles. The third-order valence-corrected chi connectivity index (χ3v) is 11.5. The fourth-order valence-corrected chi connectivity index (χ4v) is 13.5. The van der Waals surface area contributed by atoms with Gasteiger partial charge in [-0.05, 0) is 171 Å². The number of carbonyl (C=O) groups excluding carboxylic acids is 8. The van der Waals surface area contributed by atoms with E-state index in [1.54, 1.807) is 45.2 Å². The van der Waals surface area contributed by atoms with Gasteiger partial charge in [-0.1, -0.05) is 0 Å². The molecule has 14 nitrogen and oxygen atoms in total. The summed E-state index contributed by atoms with van der Waals surface area (Å²) in [5, 5.41) is 3.15. The standard InChI is InChI=1S/C27H20Cl2I6N4O10/c1-10(40)48-5-3-36-26(46)38(22-14(32)7-12(30)18(20(22)34)24(28)44)16(42)9-17(43)39(27(47)37-4-6-49-11(2)41)23-15(33)8-13(31)19(21(23)35)25(29)45/h7-8H,3-6,9H2,1-2H3,(H,36,46)(H,37,47). The maximum atomic E-state index is 14.0. The zero-order valence-corrected chi connectivity index (χ0v) is 39.1. The number of benzene rings is 2. The average Bonchev–Trinajstić information content (AvgIpc) is 2.96. The largest absolute Gasteiger partial charge is 0.464 e. The van der Waals surface area contributed by atoms with Crippen molar-refractivity contribution in [2.75, 3.05) is 36.1 Å². The molecule has 264 valence electrons. The smallest absolute Gasteiger partial charge is 0.328 e. The predicted molar refractivity (Wildman–Crippen MR) is 229 cm³/mol. The van der Waals surface area contributed by atoms with Gasteiger partial charge in [0.25, 0.3) is 10.5 Å². The number of hydrogen-bond acceptors (Lipinski definition) is 10. The zero-order valence-electron chi connectivity index (χ0n) is 24.7. The Kier molecular flexibility index (Phi) is 18.9. The fraction of sp³-hybridized carbons (Fsp3) is 0.259. The number of nitrogens with zero attached hydrogens (tertiary/aromatic N) is 2. The highest BCUT2D eigenvalue weighted by Gasteiger charge is 2.36. The van der Waals surface area contributed by atoms with Gasteiger partial charge in [0.15, 0.2) is 0 Å². The number of imide groups is 2. The molecule has 2 N–H and O–H groups in total. The number of urea groups is 2. The Morgan fingerprint density at radius 2 is 0.939 bits per heavy atom. The summed E-state index contributed by atoms with van der Waals surface area (Å²) in [4.78, 5) is 104. The molecule has 0 radical (unpaired) electrons. The van der Waals surface area contributed by atoms with Crippen LogP contribution in [-0.2, 0) is 28.7 Å². The molecule has 49 heavy (non-hydrogen) atoms. The van der Waals surface area contributed by atoms with Crippen molar-refractivity contribution in [1.82, 2.24) is 10.6 Å². The van der Waals surface area contributed by atoms with Crippen molar-refractivity contribution in [2.45, 2.75) is 20.3 Å². The van der Waals surface area contributed by atoms with Crippen LogP contribution in [0.5, 0.6) is 0 Å². The topological polar surface area (TPSA) is 186 Å². The highest BCUT2D eigenvalue weighted by Crippen LogP contribution is 2.38. The summed E-state index contributed by atoms with van der Waals surface area (Å²) in [5.74, 6) is -3.46. The maximum Gasteiger partial charge on any atom is 0.328 e. The van der Waals surface area contributed by atoms with Gasteiger partial charge in [0.05, 0.1) is 42.7 Å². The third kappa shape index (κ3) is 12.3. The van der Waals surface area contributed by atoms with Crippen LogP contribution in [0, 0.1) is 21.4 Å². The third-order valence-electron chi connectivity index (χ3n) is 5.71. The Morgan fingerprint density at radius 3 is 1.22 bits per heavy atom. The van der Waals surface area contributed by atoms with Gasteiger partial charge in [0, 0.05) is 28.1 Å². The van der Waals surface area contributed by atoms with Crippen LogP contribution in [0.2, 0.25) is 0 Å². The molecule has 2 aromatic rings. The Bertz CT molecular complexity index is 1620. The predicted octanol–water partition coefficient (Wildman–Crippen LogP) is 6.37. The molecule has 0 aromatic heterocycles. The van der Waals surface area contributed by atoms with Crippen molar-refractivity contribution in [2.24, 2.45) is 0 Å². The number of anilines is 2. The Labute approximate surface area is 370 Å². The van der Waals surface area contributed by atoms with Gasteiger partial charge in [-0.3, -0.25) is 28.8 Å². The molecular formula is C27H20Cl2I6N4O10. The monoisotopic (exact) mass is 1390 g/mol. The molecule has 0 spiro atoms. The van der Waals surface area contributed by atoms with E-state index in [0.29, 0.717) is 24.1 Å². The molecule has 0 saturated heterocycles. The molecular weight excluding hydrogens is 1370 g/mol. The quantitative estimate of drug-likeness (QED) is 0.0796. The molecule has 0 fully saturated rings. The van der Waals surface area contributed by atoms with E-state index in [2.05, 4.69) is 10.6 Å². The van der Waals surface area contributed by atoms with E-state index in [1.165, 1.54) is 26.0 Å². The molecule has 0 aliphatic rings. The molecule has 0 aliphatic heterocycles. The minimum atomic E-state index is -1.12. The van der Waals surface area contributed by atoms with Crippen molar-refractivity contribution in [3.63, 3.8) is 0 Å². The average molecular weight is 1390 g/mol. The molecule has 2 rings (SSSR count). The normalized spacial score (nSPS) is 10.5. The van der Waals surface area contributed by atoms with Gasteiger partial charge < -0.3 is 20.1 Å². The lowest BCUT2D eigenvalue weighted by atomic mass is 10.1. The van der Waals surface area contributed by atoms with Crippen LogP contribution in [0.3, 0.4) is 0 Å². The number of amides is 6. The van der Waals surface area contributed by atoms with Gasteiger partial charge in [-0.25, -0.2) is 19.4 Å². The van der Waals surface area contributed by atoms with Gasteiger partial charge in [0.1, 0.15) is 19.6 Å². The first-order valence-electron chi connectivity index (χ1n) is 13.0. The highest BCUT2D eigenvalue weighted by molar-refractivity contribution is 14.1. The van der Waals surface area contributed by atoms with Crippen LogP contribution in [0.4, 0.5) is 21.0 Å². The molecule has 0 heterocycles. The summed E-state index contributed by atoms with van der Waals surface area (Å²) in [6, 6.07) is 0.931. The van der Waals surface area contributed by atoms with Crippen molar-refractivity contribution in [3.8, 4) is 0 Å².